The van der Waals surface area contributed by atoms with E-state index < -0.39 is 11.8 Å². The van der Waals surface area contributed by atoms with Gasteiger partial charge in [0.05, 0.1) is 12.3 Å². The highest BCUT2D eigenvalue weighted by molar-refractivity contribution is 6.35. The fourth-order valence-electron chi connectivity index (χ4n) is 1.90. The summed E-state index contributed by atoms with van der Waals surface area (Å²) < 4.78 is 5.33. The molecule has 2 amide bonds. The molecule has 0 unspecified atom stereocenters. The largest absolute Gasteiger partial charge is 0.507 e. The molecule has 1 aliphatic rings. The Labute approximate surface area is 122 Å². The maximum absolute atomic E-state index is 11.5. The number of hydrogen-bond acceptors (Lipinski definition) is 5. The Kier molecular flexibility index (Phi) is 5.28. The third kappa shape index (κ3) is 4.57. The molecule has 1 aromatic carbocycles. The molecule has 0 bridgehead atoms. The number of phenolic OH excluding ortho intramolecular Hbond substituents is 1. The van der Waals surface area contributed by atoms with Crippen molar-refractivity contribution >= 4 is 18.0 Å². The van der Waals surface area contributed by atoms with E-state index in [0.717, 1.165) is 12.8 Å². The number of ether oxygens (including phenoxy) is 1. The van der Waals surface area contributed by atoms with E-state index in [2.05, 4.69) is 15.8 Å². The van der Waals surface area contributed by atoms with Gasteiger partial charge in [-0.3, -0.25) is 9.59 Å². The Morgan fingerprint density at radius 3 is 2.90 bits per heavy atom. The van der Waals surface area contributed by atoms with Crippen LogP contribution in [0.3, 0.4) is 0 Å². The molecule has 0 radical (unpaired) electrons. The summed E-state index contributed by atoms with van der Waals surface area (Å²) in [6.45, 7) is 1.01. The highest BCUT2D eigenvalue weighted by atomic mass is 16.5. The number of amides is 2. The van der Waals surface area contributed by atoms with Gasteiger partial charge in [-0.2, -0.15) is 5.10 Å². The average Bonchev–Trinajstić information content (AvgIpc) is 3.00. The molecule has 1 aromatic rings. The van der Waals surface area contributed by atoms with Gasteiger partial charge in [-0.25, -0.2) is 5.43 Å². The Balaban J connectivity index is 1.75. The van der Waals surface area contributed by atoms with Gasteiger partial charge in [-0.1, -0.05) is 12.1 Å². The predicted octanol–water partition coefficient (Wildman–Crippen LogP) is 0.138. The zero-order valence-corrected chi connectivity index (χ0v) is 11.4. The number of hydrogen-bond donors (Lipinski definition) is 3. The van der Waals surface area contributed by atoms with Gasteiger partial charge < -0.3 is 15.2 Å². The van der Waals surface area contributed by atoms with Crippen molar-refractivity contribution in [1.82, 2.24) is 10.7 Å². The second-order valence-electron chi connectivity index (χ2n) is 4.60. The molecule has 7 heteroatoms. The Morgan fingerprint density at radius 2 is 2.19 bits per heavy atom. The summed E-state index contributed by atoms with van der Waals surface area (Å²) in [7, 11) is 0. The number of rotatable bonds is 4. The van der Waals surface area contributed by atoms with Gasteiger partial charge in [0.15, 0.2) is 0 Å². The van der Waals surface area contributed by atoms with Crippen molar-refractivity contribution in [3.05, 3.63) is 29.8 Å². The molecule has 112 valence electrons. The van der Waals surface area contributed by atoms with Crippen LogP contribution in [-0.4, -0.2) is 42.4 Å². The standard InChI is InChI=1S/C14H17N3O4/c18-12-6-2-1-4-10(12)8-16-17-14(20)13(19)15-9-11-5-3-7-21-11/h1-2,4,6,8,11,18H,3,5,7,9H2,(H,15,19)(H,17,20)/b16-8+/t11-/m0/s1. The van der Waals surface area contributed by atoms with Gasteiger partial charge in [0, 0.05) is 18.7 Å². The maximum Gasteiger partial charge on any atom is 0.329 e. The topological polar surface area (TPSA) is 100 Å². The molecule has 1 atom stereocenters. The van der Waals surface area contributed by atoms with Gasteiger partial charge in [0.25, 0.3) is 0 Å². The third-order valence-corrected chi connectivity index (χ3v) is 3.03. The molecule has 3 N–H and O–H groups in total. The van der Waals surface area contributed by atoms with Gasteiger partial charge in [-0.15, -0.1) is 0 Å². The molecule has 1 aliphatic heterocycles. The number of nitrogens with zero attached hydrogens (tertiary/aromatic N) is 1. The number of nitrogens with one attached hydrogen (secondary N) is 2. The van der Waals surface area contributed by atoms with Crippen molar-refractivity contribution in [3.63, 3.8) is 0 Å². The van der Waals surface area contributed by atoms with Crippen molar-refractivity contribution < 1.29 is 19.4 Å². The number of phenols is 1. The molecule has 0 saturated carbocycles. The molecule has 1 heterocycles. The fourth-order valence-corrected chi connectivity index (χ4v) is 1.90. The number of carbonyl (C=O) groups excluding carboxylic acids is 2. The number of benzene rings is 1. The molecule has 1 saturated heterocycles. The molecular formula is C14H17N3O4. The van der Waals surface area contributed by atoms with Gasteiger partial charge in [0.2, 0.25) is 0 Å². The van der Waals surface area contributed by atoms with Crippen molar-refractivity contribution in [2.75, 3.05) is 13.2 Å². The first-order chi connectivity index (χ1) is 10.2. The van der Waals surface area contributed by atoms with Gasteiger partial charge >= 0.3 is 11.8 Å². The van der Waals surface area contributed by atoms with Crippen molar-refractivity contribution in [1.29, 1.82) is 0 Å². The van der Waals surface area contributed by atoms with Crippen LogP contribution in [0.1, 0.15) is 18.4 Å². The van der Waals surface area contributed by atoms with E-state index in [1.165, 1.54) is 12.3 Å². The summed E-state index contributed by atoms with van der Waals surface area (Å²) in [6, 6.07) is 6.51. The fraction of sp³-hybridized carbons (Fsp3) is 0.357. The zero-order valence-electron chi connectivity index (χ0n) is 11.4. The minimum atomic E-state index is -0.861. The summed E-state index contributed by atoms with van der Waals surface area (Å²) >= 11 is 0. The molecule has 21 heavy (non-hydrogen) atoms. The van der Waals surface area contributed by atoms with Crippen molar-refractivity contribution in [3.8, 4) is 5.75 Å². The van der Waals surface area contributed by atoms with Crippen LogP contribution < -0.4 is 10.7 Å². The summed E-state index contributed by atoms with van der Waals surface area (Å²) in [5.74, 6) is -1.59. The van der Waals surface area contributed by atoms with E-state index in [0.29, 0.717) is 18.7 Å². The molecular weight excluding hydrogens is 274 g/mol. The van der Waals surface area contributed by atoms with Crippen LogP contribution in [0.5, 0.6) is 5.75 Å². The second kappa shape index (κ2) is 7.39. The Bertz CT molecular complexity index is 539. The van der Waals surface area contributed by atoms with E-state index in [-0.39, 0.29) is 11.9 Å². The van der Waals surface area contributed by atoms with Crippen LogP contribution in [0.4, 0.5) is 0 Å². The van der Waals surface area contributed by atoms with E-state index in [1.54, 1.807) is 18.2 Å². The SMILES string of the molecule is O=C(NC[C@@H]1CCCO1)C(=O)N/N=C/c1ccccc1O. The number of carbonyl (C=O) groups is 2. The van der Waals surface area contributed by atoms with Crippen LogP contribution in [0.2, 0.25) is 0 Å². The van der Waals surface area contributed by atoms with Crippen molar-refractivity contribution in [2.45, 2.75) is 18.9 Å². The minimum Gasteiger partial charge on any atom is -0.507 e. The Morgan fingerprint density at radius 1 is 1.38 bits per heavy atom. The lowest BCUT2D eigenvalue weighted by atomic mass is 10.2. The summed E-state index contributed by atoms with van der Waals surface area (Å²) in [5, 5.41) is 15.6. The van der Waals surface area contributed by atoms with E-state index in [1.807, 2.05) is 0 Å². The average molecular weight is 291 g/mol. The lowest BCUT2D eigenvalue weighted by Crippen LogP contribution is -2.41. The lowest BCUT2D eigenvalue weighted by molar-refractivity contribution is -0.139. The van der Waals surface area contributed by atoms with E-state index in [9.17, 15) is 14.7 Å². The normalized spacial score (nSPS) is 17.8. The lowest BCUT2D eigenvalue weighted by Gasteiger charge is -2.09. The molecule has 2 rings (SSSR count). The first kappa shape index (κ1) is 15.0. The summed E-state index contributed by atoms with van der Waals surface area (Å²) in [6.07, 6.45) is 3.09. The van der Waals surface area contributed by atoms with Crippen molar-refractivity contribution in [2.24, 2.45) is 5.10 Å². The number of aromatic hydroxyl groups is 1. The van der Waals surface area contributed by atoms with Crippen LogP contribution >= 0.6 is 0 Å². The highest BCUT2D eigenvalue weighted by Gasteiger charge is 2.18. The molecule has 1 fully saturated rings. The van der Waals surface area contributed by atoms with Gasteiger partial charge in [-0.05, 0) is 25.0 Å². The summed E-state index contributed by atoms with van der Waals surface area (Å²) in [4.78, 5) is 23.0. The molecule has 7 nitrogen and oxygen atoms in total. The van der Waals surface area contributed by atoms with Crippen LogP contribution in [0.15, 0.2) is 29.4 Å². The summed E-state index contributed by atoms with van der Waals surface area (Å²) in [5.41, 5.74) is 2.54. The predicted molar refractivity (Wildman–Crippen MR) is 75.8 cm³/mol. The smallest absolute Gasteiger partial charge is 0.329 e. The van der Waals surface area contributed by atoms with E-state index in [4.69, 9.17) is 4.74 Å². The number of para-hydroxylation sites is 1. The third-order valence-electron chi connectivity index (χ3n) is 3.03. The molecule has 0 aliphatic carbocycles. The maximum atomic E-state index is 11.5. The monoisotopic (exact) mass is 291 g/mol. The first-order valence-corrected chi connectivity index (χ1v) is 6.67. The molecule has 0 aromatic heterocycles. The molecule has 0 spiro atoms. The Hall–Kier alpha value is -2.41. The van der Waals surface area contributed by atoms with Crippen LogP contribution in [0, 0.1) is 0 Å². The van der Waals surface area contributed by atoms with Crippen LogP contribution in [0.25, 0.3) is 0 Å². The van der Waals surface area contributed by atoms with E-state index >= 15 is 0 Å². The van der Waals surface area contributed by atoms with Crippen LogP contribution in [-0.2, 0) is 14.3 Å². The van der Waals surface area contributed by atoms with Gasteiger partial charge in [0.1, 0.15) is 5.75 Å². The highest BCUT2D eigenvalue weighted by Crippen LogP contribution is 2.12. The minimum absolute atomic E-state index is 0.0217. The second-order valence-corrected chi connectivity index (χ2v) is 4.60. The first-order valence-electron chi connectivity index (χ1n) is 6.67. The number of hydrazone groups is 1. The quantitative estimate of drug-likeness (QED) is 0.417. The zero-order chi connectivity index (χ0) is 15.1.